The lowest BCUT2D eigenvalue weighted by Crippen LogP contribution is -2.38. The largest absolute Gasteiger partial charge is 0.369 e. The number of nitrogens with one attached hydrogen (secondary N) is 2. The minimum absolute atomic E-state index is 0.137. The van der Waals surface area contributed by atoms with Gasteiger partial charge in [0, 0.05) is 51.1 Å². The molecule has 1 aliphatic rings. The SMILES string of the molecule is CN(Cc1ccccc1)C(=O)c1cc(NC(=O)c2cccs2)ccc1N1CCCN(C(=O)Nc2ccccc2F)CC1. The summed E-state index contributed by atoms with van der Waals surface area (Å²) in [6.45, 7) is 2.41. The summed E-state index contributed by atoms with van der Waals surface area (Å²) in [5.74, 6) is -0.907. The molecule has 0 atom stereocenters. The van der Waals surface area contributed by atoms with Gasteiger partial charge >= 0.3 is 6.03 Å². The molecule has 1 aliphatic heterocycles. The fourth-order valence-electron chi connectivity index (χ4n) is 4.91. The van der Waals surface area contributed by atoms with Crippen molar-refractivity contribution < 1.29 is 18.8 Å². The van der Waals surface area contributed by atoms with E-state index in [9.17, 15) is 18.8 Å². The number of anilines is 3. The standard InChI is InChI=1S/C32H32FN5O3S/c1-36(22-23-9-3-2-4-10-23)31(40)25-21-24(34-30(39)29-13-7-20-42-29)14-15-28(25)37-16-8-17-38(19-18-37)32(41)35-27-12-6-5-11-26(27)33/h2-7,9-15,20-21H,8,16-19,22H2,1H3,(H,34,39)(H,35,41). The highest BCUT2D eigenvalue weighted by Gasteiger charge is 2.25. The summed E-state index contributed by atoms with van der Waals surface area (Å²) in [6, 6.07) is 24.4. The number of rotatable bonds is 7. The zero-order valence-electron chi connectivity index (χ0n) is 23.3. The van der Waals surface area contributed by atoms with Gasteiger partial charge in [0.2, 0.25) is 0 Å². The third-order valence-corrected chi connectivity index (χ3v) is 7.95. The number of hydrogen-bond acceptors (Lipinski definition) is 5. The molecule has 4 amide bonds. The third-order valence-electron chi connectivity index (χ3n) is 7.08. The summed E-state index contributed by atoms with van der Waals surface area (Å²) in [5, 5.41) is 7.41. The number of urea groups is 1. The first kappa shape index (κ1) is 28.8. The van der Waals surface area contributed by atoms with Crippen LogP contribution in [0.15, 0.2) is 90.3 Å². The quantitative estimate of drug-likeness (QED) is 0.272. The summed E-state index contributed by atoms with van der Waals surface area (Å²) in [5.41, 5.74) is 2.85. The van der Waals surface area contributed by atoms with E-state index < -0.39 is 5.82 Å². The Morgan fingerprint density at radius 2 is 1.67 bits per heavy atom. The molecule has 3 aromatic carbocycles. The average Bonchev–Trinajstić information content (AvgIpc) is 3.44. The van der Waals surface area contributed by atoms with Crippen LogP contribution in [0.3, 0.4) is 0 Å². The number of hydrogen-bond donors (Lipinski definition) is 2. The third kappa shape index (κ3) is 6.95. The van der Waals surface area contributed by atoms with Crippen molar-refractivity contribution in [3.05, 3.63) is 112 Å². The molecular weight excluding hydrogens is 553 g/mol. The molecule has 0 bridgehead atoms. The lowest BCUT2D eigenvalue weighted by atomic mass is 10.1. The number of para-hydroxylation sites is 1. The van der Waals surface area contributed by atoms with Gasteiger partial charge in [0.25, 0.3) is 11.8 Å². The molecule has 8 nitrogen and oxygen atoms in total. The molecule has 216 valence electrons. The number of benzene rings is 3. The maximum absolute atomic E-state index is 14.1. The molecule has 10 heteroatoms. The Morgan fingerprint density at radius 3 is 2.43 bits per heavy atom. The van der Waals surface area contributed by atoms with Crippen molar-refractivity contribution in [2.75, 3.05) is 48.8 Å². The van der Waals surface area contributed by atoms with E-state index in [1.165, 1.54) is 23.5 Å². The van der Waals surface area contributed by atoms with Crippen molar-refractivity contribution in [1.29, 1.82) is 0 Å². The van der Waals surface area contributed by atoms with Crippen molar-refractivity contribution in [3.63, 3.8) is 0 Å². The fraction of sp³-hybridized carbons (Fsp3) is 0.219. The van der Waals surface area contributed by atoms with E-state index in [0.29, 0.717) is 55.3 Å². The highest BCUT2D eigenvalue weighted by Crippen LogP contribution is 2.28. The molecule has 0 saturated carbocycles. The first-order chi connectivity index (χ1) is 20.4. The Hall–Kier alpha value is -4.70. The van der Waals surface area contributed by atoms with Gasteiger partial charge in [-0.1, -0.05) is 48.5 Å². The van der Waals surface area contributed by atoms with Crippen molar-refractivity contribution in [3.8, 4) is 0 Å². The molecule has 1 saturated heterocycles. The smallest absolute Gasteiger partial charge is 0.321 e. The van der Waals surface area contributed by atoms with Gasteiger partial charge in [0.1, 0.15) is 5.82 Å². The second-order valence-electron chi connectivity index (χ2n) is 10.0. The Labute approximate surface area is 248 Å². The highest BCUT2D eigenvalue weighted by atomic mass is 32.1. The Morgan fingerprint density at radius 1 is 0.881 bits per heavy atom. The van der Waals surface area contributed by atoms with Crippen molar-refractivity contribution in [2.24, 2.45) is 0 Å². The number of thiophene rings is 1. The van der Waals surface area contributed by atoms with E-state index in [-0.39, 0.29) is 23.5 Å². The van der Waals surface area contributed by atoms with Gasteiger partial charge in [-0.3, -0.25) is 9.59 Å². The van der Waals surface area contributed by atoms with Gasteiger partial charge in [-0.2, -0.15) is 0 Å². The van der Waals surface area contributed by atoms with Gasteiger partial charge in [-0.15, -0.1) is 11.3 Å². The van der Waals surface area contributed by atoms with Crippen LogP contribution in [0.4, 0.5) is 26.2 Å². The zero-order chi connectivity index (χ0) is 29.5. The van der Waals surface area contributed by atoms with E-state index in [1.807, 2.05) is 47.8 Å². The summed E-state index contributed by atoms with van der Waals surface area (Å²) in [6.07, 6.45) is 0.662. The van der Waals surface area contributed by atoms with Crippen LogP contribution in [0.1, 0.15) is 32.0 Å². The summed E-state index contributed by atoms with van der Waals surface area (Å²) >= 11 is 1.35. The van der Waals surface area contributed by atoms with Crippen LogP contribution in [-0.2, 0) is 6.54 Å². The molecule has 5 rings (SSSR count). The van der Waals surface area contributed by atoms with E-state index in [2.05, 4.69) is 15.5 Å². The minimum Gasteiger partial charge on any atom is -0.369 e. The van der Waals surface area contributed by atoms with E-state index in [4.69, 9.17) is 0 Å². The lowest BCUT2D eigenvalue weighted by molar-refractivity contribution is 0.0785. The first-order valence-electron chi connectivity index (χ1n) is 13.7. The van der Waals surface area contributed by atoms with Crippen LogP contribution >= 0.6 is 11.3 Å². The molecular formula is C32H32FN5O3S. The predicted molar refractivity (Wildman–Crippen MR) is 165 cm³/mol. The molecule has 2 N–H and O–H groups in total. The maximum atomic E-state index is 14.1. The fourth-order valence-corrected chi connectivity index (χ4v) is 5.53. The van der Waals surface area contributed by atoms with Gasteiger partial charge in [0.15, 0.2) is 0 Å². The van der Waals surface area contributed by atoms with Crippen molar-refractivity contribution >= 4 is 46.2 Å². The topological polar surface area (TPSA) is 85.0 Å². The maximum Gasteiger partial charge on any atom is 0.321 e. The molecule has 4 aromatic rings. The predicted octanol–water partition coefficient (Wildman–Crippen LogP) is 6.16. The van der Waals surface area contributed by atoms with Crippen LogP contribution < -0.4 is 15.5 Å². The second-order valence-corrected chi connectivity index (χ2v) is 11.0. The molecule has 42 heavy (non-hydrogen) atoms. The number of carbonyl (C=O) groups is 3. The van der Waals surface area contributed by atoms with Crippen molar-refractivity contribution in [1.82, 2.24) is 9.80 Å². The monoisotopic (exact) mass is 585 g/mol. The normalized spacial score (nSPS) is 13.3. The van der Waals surface area contributed by atoms with E-state index in [0.717, 1.165) is 11.3 Å². The number of nitrogens with zero attached hydrogens (tertiary/aromatic N) is 3. The summed E-state index contributed by atoms with van der Waals surface area (Å²) in [7, 11) is 1.76. The lowest BCUT2D eigenvalue weighted by Gasteiger charge is -2.28. The van der Waals surface area contributed by atoms with Gasteiger partial charge in [0.05, 0.1) is 16.1 Å². The van der Waals surface area contributed by atoms with Gasteiger partial charge in [-0.25, -0.2) is 9.18 Å². The molecule has 0 radical (unpaired) electrons. The van der Waals surface area contributed by atoms with Crippen molar-refractivity contribution in [2.45, 2.75) is 13.0 Å². The summed E-state index contributed by atoms with van der Waals surface area (Å²) in [4.78, 5) is 45.5. The second kappa shape index (κ2) is 13.3. The Kier molecular flexibility index (Phi) is 9.13. The number of carbonyl (C=O) groups excluding carboxylic acids is 3. The van der Waals surface area contributed by atoms with E-state index in [1.54, 1.807) is 47.2 Å². The molecule has 2 heterocycles. The number of halogens is 1. The molecule has 0 aliphatic carbocycles. The van der Waals surface area contributed by atoms with Gasteiger partial charge in [-0.05, 0) is 53.8 Å². The van der Waals surface area contributed by atoms with Gasteiger partial charge < -0.3 is 25.3 Å². The molecule has 0 unspecified atom stereocenters. The first-order valence-corrected chi connectivity index (χ1v) is 14.6. The minimum atomic E-state index is -0.490. The summed E-state index contributed by atoms with van der Waals surface area (Å²) < 4.78 is 14.1. The Balaban J connectivity index is 1.36. The van der Waals surface area contributed by atoms with E-state index >= 15 is 0 Å². The Bertz CT molecular complexity index is 1550. The van der Waals surface area contributed by atoms with Crippen LogP contribution in [-0.4, -0.2) is 60.9 Å². The molecule has 1 aromatic heterocycles. The molecule has 0 spiro atoms. The molecule has 1 fully saturated rings. The number of amides is 4. The van der Waals surface area contributed by atoms with Crippen LogP contribution in [0.25, 0.3) is 0 Å². The average molecular weight is 586 g/mol. The van der Waals surface area contributed by atoms with Crippen LogP contribution in [0.5, 0.6) is 0 Å². The van der Waals surface area contributed by atoms with Crippen LogP contribution in [0, 0.1) is 5.82 Å². The van der Waals surface area contributed by atoms with Crippen LogP contribution in [0.2, 0.25) is 0 Å². The zero-order valence-corrected chi connectivity index (χ0v) is 24.1. The highest BCUT2D eigenvalue weighted by molar-refractivity contribution is 7.12.